The molecule has 0 bridgehead atoms. The first-order valence-corrected chi connectivity index (χ1v) is 9.65. The number of ether oxygens (including phenoxy) is 1. The van der Waals surface area contributed by atoms with Crippen molar-refractivity contribution in [2.24, 2.45) is 0 Å². The van der Waals surface area contributed by atoms with Gasteiger partial charge in [0.1, 0.15) is 0 Å². The number of hydrogen-bond donors (Lipinski definition) is 2. The maximum absolute atomic E-state index is 12.0. The molecule has 0 radical (unpaired) electrons. The first-order valence-electron chi connectivity index (χ1n) is 9.65. The van der Waals surface area contributed by atoms with Crippen molar-refractivity contribution < 1.29 is 14.3 Å². The first kappa shape index (κ1) is 22.0. The number of carbonyl (C=O) groups is 2. The zero-order chi connectivity index (χ0) is 19.2. The number of amides is 2. The molecule has 0 aliphatic rings. The van der Waals surface area contributed by atoms with Crippen LogP contribution in [0.4, 0.5) is 10.5 Å². The van der Waals surface area contributed by atoms with Crippen LogP contribution in [0.15, 0.2) is 24.3 Å². The van der Waals surface area contributed by atoms with E-state index in [2.05, 4.69) is 29.4 Å². The minimum absolute atomic E-state index is 0.236. The van der Waals surface area contributed by atoms with E-state index in [1.54, 1.807) is 31.2 Å². The lowest BCUT2D eigenvalue weighted by Crippen LogP contribution is -2.37. The van der Waals surface area contributed by atoms with Crippen molar-refractivity contribution in [3.05, 3.63) is 29.8 Å². The molecule has 0 heterocycles. The summed E-state index contributed by atoms with van der Waals surface area (Å²) in [5.41, 5.74) is 1.12. The first-order chi connectivity index (χ1) is 12.6. The van der Waals surface area contributed by atoms with Gasteiger partial charge in [-0.1, -0.05) is 26.7 Å². The van der Waals surface area contributed by atoms with Gasteiger partial charge < -0.3 is 20.3 Å². The quantitative estimate of drug-likeness (QED) is 0.553. The van der Waals surface area contributed by atoms with Crippen molar-refractivity contribution in [1.82, 2.24) is 10.2 Å². The molecular formula is C20H33N3O3. The summed E-state index contributed by atoms with van der Waals surface area (Å²) in [6.45, 7) is 10.1. The van der Waals surface area contributed by atoms with E-state index >= 15 is 0 Å². The lowest BCUT2D eigenvalue weighted by Gasteiger charge is -2.22. The standard InChI is InChI=1S/C20H33N3O3/c1-4-7-14-23(15-8-5-2)16-13-21-20(25)22-18-11-9-17(10-12-18)19(24)26-6-3/h9-12H,4-8,13-16H2,1-3H3,(H2,21,22,25). The highest BCUT2D eigenvalue weighted by atomic mass is 16.5. The molecule has 0 unspecified atom stereocenters. The largest absolute Gasteiger partial charge is 0.462 e. The van der Waals surface area contributed by atoms with Crippen LogP contribution in [0.1, 0.15) is 56.8 Å². The molecule has 0 aromatic heterocycles. The normalized spacial score (nSPS) is 10.6. The number of carbonyl (C=O) groups excluding carboxylic acids is 2. The number of rotatable bonds is 12. The summed E-state index contributed by atoms with van der Waals surface area (Å²) in [5, 5.41) is 5.67. The Morgan fingerprint density at radius 2 is 1.58 bits per heavy atom. The lowest BCUT2D eigenvalue weighted by atomic mass is 10.2. The molecule has 1 rings (SSSR count). The number of anilines is 1. The molecule has 0 saturated carbocycles. The van der Waals surface area contributed by atoms with Gasteiger partial charge in [-0.25, -0.2) is 9.59 Å². The number of benzene rings is 1. The SMILES string of the molecule is CCCCN(CCCC)CCNC(=O)Nc1ccc(C(=O)OCC)cc1. The fourth-order valence-electron chi connectivity index (χ4n) is 2.51. The molecule has 0 aliphatic heterocycles. The van der Waals surface area contributed by atoms with Crippen LogP contribution in [0.25, 0.3) is 0 Å². The van der Waals surface area contributed by atoms with E-state index in [4.69, 9.17) is 4.74 Å². The van der Waals surface area contributed by atoms with Gasteiger partial charge in [-0.2, -0.15) is 0 Å². The Hall–Kier alpha value is -2.08. The summed E-state index contributed by atoms with van der Waals surface area (Å²) in [6, 6.07) is 6.44. The monoisotopic (exact) mass is 363 g/mol. The van der Waals surface area contributed by atoms with Gasteiger partial charge in [0.15, 0.2) is 0 Å². The van der Waals surface area contributed by atoms with E-state index in [9.17, 15) is 9.59 Å². The van der Waals surface area contributed by atoms with E-state index in [1.165, 1.54) is 25.7 Å². The van der Waals surface area contributed by atoms with Gasteiger partial charge in [0.05, 0.1) is 12.2 Å². The van der Waals surface area contributed by atoms with Crippen LogP contribution in [0.2, 0.25) is 0 Å². The summed E-state index contributed by atoms with van der Waals surface area (Å²) < 4.78 is 4.94. The molecule has 0 aliphatic carbocycles. The average Bonchev–Trinajstić information content (AvgIpc) is 2.64. The molecule has 146 valence electrons. The van der Waals surface area contributed by atoms with Crippen molar-refractivity contribution in [1.29, 1.82) is 0 Å². The number of nitrogens with zero attached hydrogens (tertiary/aromatic N) is 1. The molecular weight excluding hydrogens is 330 g/mol. The van der Waals surface area contributed by atoms with Crippen molar-refractivity contribution in [3.8, 4) is 0 Å². The predicted octanol–water partition coefficient (Wildman–Crippen LogP) is 3.89. The van der Waals surface area contributed by atoms with Gasteiger partial charge in [0.2, 0.25) is 0 Å². The lowest BCUT2D eigenvalue weighted by molar-refractivity contribution is 0.0526. The van der Waals surface area contributed by atoms with E-state index in [-0.39, 0.29) is 12.0 Å². The number of urea groups is 1. The highest BCUT2D eigenvalue weighted by Gasteiger charge is 2.08. The van der Waals surface area contributed by atoms with E-state index in [1.807, 2.05) is 0 Å². The highest BCUT2D eigenvalue weighted by Crippen LogP contribution is 2.10. The molecule has 0 spiro atoms. The minimum atomic E-state index is -0.359. The predicted molar refractivity (Wildman–Crippen MR) is 106 cm³/mol. The van der Waals surface area contributed by atoms with Gasteiger partial charge >= 0.3 is 12.0 Å². The molecule has 0 fully saturated rings. The van der Waals surface area contributed by atoms with E-state index < -0.39 is 0 Å². The Kier molecular flexibility index (Phi) is 11.1. The zero-order valence-corrected chi connectivity index (χ0v) is 16.3. The highest BCUT2D eigenvalue weighted by molar-refractivity contribution is 5.92. The molecule has 1 aromatic rings. The molecule has 6 nitrogen and oxygen atoms in total. The number of hydrogen-bond acceptors (Lipinski definition) is 4. The Morgan fingerprint density at radius 1 is 0.962 bits per heavy atom. The van der Waals surface area contributed by atoms with E-state index in [0.29, 0.717) is 24.4 Å². The third kappa shape index (κ3) is 8.85. The molecule has 26 heavy (non-hydrogen) atoms. The third-order valence-corrected chi connectivity index (χ3v) is 4.02. The number of nitrogens with one attached hydrogen (secondary N) is 2. The topological polar surface area (TPSA) is 70.7 Å². The van der Waals surface area contributed by atoms with Crippen LogP contribution < -0.4 is 10.6 Å². The summed E-state index contributed by atoms with van der Waals surface area (Å²) in [5.74, 6) is -0.359. The van der Waals surface area contributed by atoms with Crippen LogP contribution in [0, 0.1) is 0 Å². The smallest absolute Gasteiger partial charge is 0.338 e. The van der Waals surface area contributed by atoms with Crippen LogP contribution in [0.5, 0.6) is 0 Å². The molecule has 0 atom stereocenters. The van der Waals surface area contributed by atoms with Gasteiger partial charge in [-0.3, -0.25) is 0 Å². The second kappa shape index (κ2) is 13.2. The van der Waals surface area contributed by atoms with E-state index in [0.717, 1.165) is 19.6 Å². The van der Waals surface area contributed by atoms with Gasteiger partial charge in [-0.05, 0) is 57.1 Å². The van der Waals surface area contributed by atoms with Crippen molar-refractivity contribution in [3.63, 3.8) is 0 Å². The third-order valence-electron chi connectivity index (χ3n) is 4.02. The van der Waals surface area contributed by atoms with Crippen LogP contribution in [-0.4, -0.2) is 49.7 Å². The maximum Gasteiger partial charge on any atom is 0.338 e. The average molecular weight is 364 g/mol. The fraction of sp³-hybridized carbons (Fsp3) is 0.600. The van der Waals surface area contributed by atoms with Crippen LogP contribution in [0.3, 0.4) is 0 Å². The van der Waals surface area contributed by atoms with Gasteiger partial charge in [0.25, 0.3) is 0 Å². The Labute approximate surface area is 157 Å². The summed E-state index contributed by atoms with van der Waals surface area (Å²) in [4.78, 5) is 26.0. The van der Waals surface area contributed by atoms with Crippen molar-refractivity contribution >= 4 is 17.7 Å². The zero-order valence-electron chi connectivity index (χ0n) is 16.3. The van der Waals surface area contributed by atoms with Crippen molar-refractivity contribution in [2.45, 2.75) is 46.5 Å². The van der Waals surface area contributed by atoms with Gasteiger partial charge in [0, 0.05) is 18.8 Å². The summed E-state index contributed by atoms with van der Waals surface area (Å²) >= 11 is 0. The second-order valence-corrected chi connectivity index (χ2v) is 6.23. The van der Waals surface area contributed by atoms with Crippen LogP contribution in [-0.2, 0) is 4.74 Å². The Bertz CT molecular complexity index is 524. The molecule has 2 N–H and O–H groups in total. The number of unbranched alkanes of at least 4 members (excludes halogenated alkanes) is 2. The molecule has 2 amide bonds. The molecule has 1 aromatic carbocycles. The van der Waals surface area contributed by atoms with Gasteiger partial charge in [-0.15, -0.1) is 0 Å². The summed E-state index contributed by atoms with van der Waals surface area (Å²) in [6.07, 6.45) is 4.72. The molecule has 0 saturated heterocycles. The summed E-state index contributed by atoms with van der Waals surface area (Å²) in [7, 11) is 0. The van der Waals surface area contributed by atoms with Crippen LogP contribution >= 0.6 is 0 Å². The minimum Gasteiger partial charge on any atom is -0.462 e. The van der Waals surface area contributed by atoms with Crippen molar-refractivity contribution in [2.75, 3.05) is 38.1 Å². The maximum atomic E-state index is 12.0. The Morgan fingerprint density at radius 3 is 2.12 bits per heavy atom. The molecule has 6 heteroatoms. The number of esters is 1. The Balaban J connectivity index is 2.37. The second-order valence-electron chi connectivity index (χ2n) is 6.23. The fourth-order valence-corrected chi connectivity index (χ4v) is 2.51.